The van der Waals surface area contributed by atoms with Gasteiger partial charge in [-0.3, -0.25) is 14.9 Å². The molecule has 0 atom stereocenters. The number of ether oxygens (including phenoxy) is 1. The minimum absolute atomic E-state index is 0.0479. The third-order valence-electron chi connectivity index (χ3n) is 3.29. The quantitative estimate of drug-likeness (QED) is 0.522. The van der Waals surface area contributed by atoms with Gasteiger partial charge in [0, 0.05) is 29.5 Å². The number of hydrogen-bond acceptors (Lipinski definition) is 6. The Balaban J connectivity index is 2.45. The number of aliphatic hydroxyl groups is 1. The van der Waals surface area contributed by atoms with E-state index in [1.54, 1.807) is 44.4 Å². The number of nitro benzene ring substituents is 1. The minimum Gasteiger partial charge on any atom is -0.491 e. The van der Waals surface area contributed by atoms with Gasteiger partial charge in [-0.2, -0.15) is 0 Å². The molecule has 0 bridgehead atoms. The number of carbonyl (C=O) groups excluding carboxylic acids is 1. The fourth-order valence-electron chi connectivity index (χ4n) is 2.10. The van der Waals surface area contributed by atoms with Crippen LogP contribution in [-0.4, -0.2) is 48.1 Å². The van der Waals surface area contributed by atoms with Gasteiger partial charge in [0.1, 0.15) is 12.4 Å². The first-order chi connectivity index (χ1) is 12.3. The van der Waals surface area contributed by atoms with Crippen molar-refractivity contribution in [3.8, 4) is 5.75 Å². The monoisotopic (exact) mass is 440 g/mol. The molecule has 0 unspecified atom stereocenters. The van der Waals surface area contributed by atoms with Crippen LogP contribution in [0.15, 0.2) is 50.7 Å². The number of nitrogens with zero attached hydrogens (tertiary/aromatic N) is 2. The Labute approximate surface area is 163 Å². The lowest BCUT2D eigenvalue weighted by Crippen LogP contribution is -2.22. The summed E-state index contributed by atoms with van der Waals surface area (Å²) in [5.74, 6) is 0.195. The van der Waals surface area contributed by atoms with Crippen molar-refractivity contribution in [1.29, 1.82) is 0 Å². The van der Waals surface area contributed by atoms with Crippen molar-refractivity contribution in [3.05, 3.63) is 56.5 Å². The molecule has 138 valence electrons. The summed E-state index contributed by atoms with van der Waals surface area (Å²) >= 11 is 4.37. The van der Waals surface area contributed by atoms with Crippen molar-refractivity contribution >= 4 is 39.3 Å². The number of carbonyl (C=O) groups is 1. The average molecular weight is 441 g/mol. The van der Waals surface area contributed by atoms with E-state index in [1.807, 2.05) is 0 Å². The van der Waals surface area contributed by atoms with Crippen LogP contribution in [0.25, 0.3) is 0 Å². The van der Waals surface area contributed by atoms with Gasteiger partial charge in [-0.05, 0) is 30.3 Å². The minimum atomic E-state index is -0.459. The van der Waals surface area contributed by atoms with E-state index in [1.165, 1.54) is 11.0 Å². The lowest BCUT2D eigenvalue weighted by Gasteiger charge is -2.15. The fourth-order valence-corrected chi connectivity index (χ4v) is 3.45. The summed E-state index contributed by atoms with van der Waals surface area (Å²) < 4.78 is 5.97. The van der Waals surface area contributed by atoms with Gasteiger partial charge >= 0.3 is 0 Å². The average Bonchev–Trinajstić information content (AvgIpc) is 2.61. The summed E-state index contributed by atoms with van der Waals surface area (Å²) in [7, 11) is 3.25. The van der Waals surface area contributed by atoms with E-state index in [0.29, 0.717) is 25.6 Å². The number of nitro groups is 1. The van der Waals surface area contributed by atoms with Gasteiger partial charge < -0.3 is 14.7 Å². The third-order valence-corrected chi connectivity index (χ3v) is 4.92. The molecule has 26 heavy (non-hydrogen) atoms. The van der Waals surface area contributed by atoms with Crippen molar-refractivity contribution in [2.75, 3.05) is 27.3 Å². The summed E-state index contributed by atoms with van der Waals surface area (Å²) in [5, 5.41) is 20.2. The maximum absolute atomic E-state index is 12.5. The molecule has 0 spiro atoms. The molecular formula is C17H17BrN2O5S. The summed E-state index contributed by atoms with van der Waals surface area (Å²) in [6.45, 7) is -0.0290. The molecular weight excluding hydrogens is 424 g/mol. The van der Waals surface area contributed by atoms with Crippen LogP contribution < -0.4 is 4.74 Å². The van der Waals surface area contributed by atoms with Crippen molar-refractivity contribution in [3.63, 3.8) is 0 Å². The van der Waals surface area contributed by atoms with Crippen LogP contribution >= 0.6 is 27.7 Å². The number of hydrogen-bond donors (Lipinski definition) is 1. The van der Waals surface area contributed by atoms with Crippen molar-refractivity contribution < 1.29 is 19.6 Å². The van der Waals surface area contributed by atoms with Gasteiger partial charge in [-0.1, -0.05) is 27.7 Å². The number of benzene rings is 2. The predicted molar refractivity (Wildman–Crippen MR) is 102 cm³/mol. The van der Waals surface area contributed by atoms with Crippen LogP contribution in [0.3, 0.4) is 0 Å². The molecule has 2 rings (SSSR count). The third kappa shape index (κ3) is 4.96. The maximum Gasteiger partial charge on any atom is 0.284 e. The zero-order chi connectivity index (χ0) is 19.3. The molecule has 0 heterocycles. The Hall–Kier alpha value is -2.10. The lowest BCUT2D eigenvalue weighted by molar-refractivity contribution is -0.387. The molecule has 0 fully saturated rings. The SMILES string of the molecule is CN(C)C(=O)c1cc(OCCO)ccc1Sc1ccc(Br)cc1[N+](=O)[O-]. The van der Waals surface area contributed by atoms with Crippen LogP contribution in [0.5, 0.6) is 5.75 Å². The van der Waals surface area contributed by atoms with Gasteiger partial charge in [-0.25, -0.2) is 0 Å². The second-order valence-electron chi connectivity index (χ2n) is 5.40. The second kappa shape index (κ2) is 9.02. The molecule has 0 aromatic heterocycles. The number of aliphatic hydroxyl groups excluding tert-OH is 1. The highest BCUT2D eigenvalue weighted by atomic mass is 79.9. The number of halogens is 1. The zero-order valence-corrected chi connectivity index (χ0v) is 16.5. The summed E-state index contributed by atoms with van der Waals surface area (Å²) in [6.07, 6.45) is 0. The molecule has 7 nitrogen and oxygen atoms in total. The molecule has 0 aliphatic heterocycles. The Morgan fingerprint density at radius 1 is 1.27 bits per heavy atom. The van der Waals surface area contributed by atoms with Gasteiger partial charge in [0.05, 0.1) is 22.0 Å². The van der Waals surface area contributed by atoms with Gasteiger partial charge in [-0.15, -0.1) is 0 Å². The predicted octanol–water partition coefficient (Wildman–Crippen LogP) is 3.58. The van der Waals surface area contributed by atoms with Crippen LogP contribution in [0.1, 0.15) is 10.4 Å². The number of rotatable bonds is 7. The highest BCUT2D eigenvalue weighted by Gasteiger charge is 2.20. The van der Waals surface area contributed by atoms with Gasteiger partial charge in [0.2, 0.25) is 0 Å². The summed E-state index contributed by atoms with van der Waals surface area (Å²) in [5.41, 5.74) is 0.320. The Morgan fingerprint density at radius 3 is 2.58 bits per heavy atom. The van der Waals surface area contributed by atoms with Crippen molar-refractivity contribution in [1.82, 2.24) is 4.90 Å². The smallest absolute Gasteiger partial charge is 0.284 e. The molecule has 2 aromatic rings. The molecule has 0 saturated heterocycles. The van der Waals surface area contributed by atoms with Crippen LogP contribution in [-0.2, 0) is 0 Å². The Kier molecular flexibility index (Phi) is 7.01. The molecule has 0 aliphatic carbocycles. The molecule has 2 aromatic carbocycles. The van der Waals surface area contributed by atoms with Crippen LogP contribution in [0, 0.1) is 10.1 Å². The zero-order valence-electron chi connectivity index (χ0n) is 14.1. The maximum atomic E-state index is 12.5. The first kappa shape index (κ1) is 20.2. The van der Waals surface area contributed by atoms with Crippen LogP contribution in [0.2, 0.25) is 0 Å². The normalized spacial score (nSPS) is 10.5. The standard InChI is InChI=1S/C17H17BrN2O5S/c1-19(2)17(22)13-10-12(25-8-7-21)4-6-15(13)26-16-5-3-11(18)9-14(16)20(23)24/h3-6,9-10,21H,7-8H2,1-2H3. The van der Waals surface area contributed by atoms with Crippen molar-refractivity contribution in [2.45, 2.75) is 9.79 Å². The molecule has 0 radical (unpaired) electrons. The molecule has 0 saturated carbocycles. The summed E-state index contributed by atoms with van der Waals surface area (Å²) in [4.78, 5) is 25.8. The fraction of sp³-hybridized carbons (Fsp3) is 0.235. The van der Waals surface area contributed by atoms with E-state index in [-0.39, 0.29) is 24.8 Å². The molecule has 1 amide bonds. The molecule has 0 aliphatic rings. The first-order valence-corrected chi connectivity index (χ1v) is 9.15. The topological polar surface area (TPSA) is 92.9 Å². The lowest BCUT2D eigenvalue weighted by atomic mass is 10.2. The number of amides is 1. The molecule has 9 heteroatoms. The highest BCUT2D eigenvalue weighted by molar-refractivity contribution is 9.10. The van der Waals surface area contributed by atoms with E-state index < -0.39 is 4.92 Å². The van der Waals surface area contributed by atoms with E-state index >= 15 is 0 Å². The molecule has 1 N–H and O–H groups in total. The largest absolute Gasteiger partial charge is 0.491 e. The highest BCUT2D eigenvalue weighted by Crippen LogP contribution is 2.39. The van der Waals surface area contributed by atoms with E-state index in [4.69, 9.17) is 9.84 Å². The first-order valence-electron chi connectivity index (χ1n) is 7.54. The van der Waals surface area contributed by atoms with Crippen LogP contribution in [0.4, 0.5) is 5.69 Å². The van der Waals surface area contributed by atoms with Gasteiger partial charge in [0.15, 0.2) is 0 Å². The Morgan fingerprint density at radius 2 is 1.96 bits per heavy atom. The summed E-state index contributed by atoms with van der Waals surface area (Å²) in [6, 6.07) is 9.68. The van der Waals surface area contributed by atoms with E-state index in [0.717, 1.165) is 11.8 Å². The second-order valence-corrected chi connectivity index (χ2v) is 7.40. The Bertz CT molecular complexity index is 829. The van der Waals surface area contributed by atoms with E-state index in [9.17, 15) is 14.9 Å². The van der Waals surface area contributed by atoms with Crippen molar-refractivity contribution in [2.24, 2.45) is 0 Å². The van der Waals surface area contributed by atoms with E-state index in [2.05, 4.69) is 15.9 Å². The van der Waals surface area contributed by atoms with Gasteiger partial charge in [0.25, 0.3) is 11.6 Å².